The molecule has 2 atom stereocenters. The molecule has 0 radical (unpaired) electrons. The van der Waals surface area contributed by atoms with Crippen molar-refractivity contribution in [1.29, 1.82) is 0 Å². The largest absolute Gasteiger partial charge is 0.458 e. The molecule has 18 heavy (non-hydrogen) atoms. The number of amidine groups is 1. The van der Waals surface area contributed by atoms with E-state index in [0.717, 1.165) is 39.4 Å². The van der Waals surface area contributed by atoms with Crippen LogP contribution in [0.1, 0.15) is 13.3 Å². The number of ether oxygens (including phenoxy) is 2. The standard InChI is InChI=1S/C12H19N3O3/c1-9-6-11(16)13-12-15(9)8-10(18-12)7-14-2-4-17-5-3-14/h9-10H,2-8H2,1H3. The second-order valence-corrected chi connectivity index (χ2v) is 5.15. The van der Waals surface area contributed by atoms with Gasteiger partial charge in [-0.05, 0) is 6.92 Å². The molecule has 0 bridgehead atoms. The number of morpholine rings is 1. The highest BCUT2D eigenvalue weighted by Gasteiger charge is 2.37. The number of carbonyl (C=O) groups is 1. The van der Waals surface area contributed by atoms with E-state index in [1.165, 1.54) is 0 Å². The molecule has 1 amide bonds. The number of amides is 1. The number of carbonyl (C=O) groups excluding carboxylic acids is 1. The van der Waals surface area contributed by atoms with Crippen LogP contribution < -0.4 is 0 Å². The van der Waals surface area contributed by atoms with Crippen molar-refractivity contribution in [3.8, 4) is 0 Å². The molecule has 6 heteroatoms. The third kappa shape index (κ3) is 2.35. The molecule has 0 aliphatic carbocycles. The van der Waals surface area contributed by atoms with E-state index in [-0.39, 0.29) is 18.1 Å². The van der Waals surface area contributed by atoms with Gasteiger partial charge < -0.3 is 14.4 Å². The molecule has 100 valence electrons. The van der Waals surface area contributed by atoms with Gasteiger partial charge in [0.25, 0.3) is 11.9 Å². The van der Waals surface area contributed by atoms with E-state index in [1.54, 1.807) is 0 Å². The van der Waals surface area contributed by atoms with Crippen molar-refractivity contribution >= 4 is 11.9 Å². The fourth-order valence-electron chi connectivity index (χ4n) is 2.69. The van der Waals surface area contributed by atoms with Crippen LogP contribution in [0, 0.1) is 0 Å². The number of fused-ring (bicyclic) bond motifs is 1. The minimum absolute atomic E-state index is 0.0687. The van der Waals surface area contributed by atoms with Gasteiger partial charge in [-0.2, -0.15) is 4.99 Å². The van der Waals surface area contributed by atoms with Crippen LogP contribution in [-0.4, -0.2) is 73.3 Å². The van der Waals surface area contributed by atoms with Gasteiger partial charge in [0.15, 0.2) is 0 Å². The maximum Gasteiger partial charge on any atom is 0.296 e. The van der Waals surface area contributed by atoms with Crippen LogP contribution in [0.25, 0.3) is 0 Å². The van der Waals surface area contributed by atoms with Gasteiger partial charge >= 0.3 is 0 Å². The van der Waals surface area contributed by atoms with Crippen molar-refractivity contribution < 1.29 is 14.3 Å². The molecular weight excluding hydrogens is 234 g/mol. The Bertz CT molecular complexity index is 366. The monoisotopic (exact) mass is 253 g/mol. The Labute approximate surface area is 107 Å². The maximum atomic E-state index is 11.4. The third-order valence-corrected chi connectivity index (χ3v) is 3.71. The molecule has 2 saturated heterocycles. The summed E-state index contributed by atoms with van der Waals surface area (Å²) in [6.45, 7) is 7.29. The molecule has 0 aromatic heterocycles. The predicted molar refractivity (Wildman–Crippen MR) is 65.4 cm³/mol. The second kappa shape index (κ2) is 4.85. The first-order valence-corrected chi connectivity index (χ1v) is 6.57. The zero-order chi connectivity index (χ0) is 12.5. The van der Waals surface area contributed by atoms with Gasteiger partial charge in [0, 0.05) is 32.1 Å². The first-order valence-electron chi connectivity index (χ1n) is 6.57. The second-order valence-electron chi connectivity index (χ2n) is 5.15. The number of hydrogen-bond acceptors (Lipinski definition) is 5. The van der Waals surface area contributed by atoms with Crippen LogP contribution in [0.3, 0.4) is 0 Å². The fourth-order valence-corrected chi connectivity index (χ4v) is 2.69. The lowest BCUT2D eigenvalue weighted by molar-refractivity contribution is -0.119. The van der Waals surface area contributed by atoms with E-state index in [9.17, 15) is 4.79 Å². The van der Waals surface area contributed by atoms with Gasteiger partial charge in [-0.25, -0.2) is 0 Å². The normalized spacial score (nSPS) is 33.1. The molecule has 3 heterocycles. The summed E-state index contributed by atoms with van der Waals surface area (Å²) < 4.78 is 11.1. The number of aliphatic imine (C=N–C) groups is 1. The lowest BCUT2D eigenvalue weighted by Gasteiger charge is -2.28. The summed E-state index contributed by atoms with van der Waals surface area (Å²) in [5.74, 6) is -0.0687. The van der Waals surface area contributed by atoms with Crippen molar-refractivity contribution in [2.45, 2.75) is 25.5 Å². The topological polar surface area (TPSA) is 54.4 Å². The summed E-state index contributed by atoms with van der Waals surface area (Å²) >= 11 is 0. The number of hydrogen-bond donors (Lipinski definition) is 0. The molecule has 2 fully saturated rings. The van der Waals surface area contributed by atoms with Crippen LogP contribution in [0.15, 0.2) is 4.99 Å². The van der Waals surface area contributed by atoms with E-state index in [0.29, 0.717) is 12.4 Å². The highest BCUT2D eigenvalue weighted by atomic mass is 16.5. The predicted octanol–water partition coefficient (Wildman–Crippen LogP) is -0.306. The van der Waals surface area contributed by atoms with Crippen LogP contribution in [0.5, 0.6) is 0 Å². The summed E-state index contributed by atoms with van der Waals surface area (Å²) in [7, 11) is 0. The van der Waals surface area contributed by atoms with Gasteiger partial charge in [-0.15, -0.1) is 0 Å². The quantitative estimate of drug-likeness (QED) is 0.676. The van der Waals surface area contributed by atoms with Crippen molar-refractivity contribution in [2.75, 3.05) is 39.4 Å². The average Bonchev–Trinajstić information content (AvgIpc) is 2.73. The number of nitrogens with zero attached hydrogens (tertiary/aromatic N) is 3. The maximum absolute atomic E-state index is 11.4. The Morgan fingerprint density at radius 1 is 1.39 bits per heavy atom. The Morgan fingerprint density at radius 2 is 2.17 bits per heavy atom. The Hall–Kier alpha value is -1.14. The fraction of sp³-hybridized carbons (Fsp3) is 0.833. The number of rotatable bonds is 2. The molecular formula is C12H19N3O3. The Kier molecular flexibility index (Phi) is 3.22. The van der Waals surface area contributed by atoms with Crippen LogP contribution in [0.4, 0.5) is 0 Å². The summed E-state index contributed by atoms with van der Waals surface area (Å²) in [4.78, 5) is 19.8. The van der Waals surface area contributed by atoms with E-state index in [2.05, 4.69) is 14.8 Å². The first-order chi connectivity index (χ1) is 8.72. The van der Waals surface area contributed by atoms with Crippen LogP contribution in [0.2, 0.25) is 0 Å². The van der Waals surface area contributed by atoms with E-state index >= 15 is 0 Å². The van der Waals surface area contributed by atoms with Gasteiger partial charge in [-0.3, -0.25) is 9.69 Å². The first kappa shape index (κ1) is 11.9. The zero-order valence-corrected chi connectivity index (χ0v) is 10.7. The van der Waals surface area contributed by atoms with E-state index in [1.807, 2.05) is 6.92 Å². The minimum Gasteiger partial charge on any atom is -0.458 e. The summed E-state index contributed by atoms with van der Waals surface area (Å²) in [6.07, 6.45) is 0.618. The highest BCUT2D eigenvalue weighted by molar-refractivity contribution is 5.94. The molecule has 0 aromatic rings. The summed E-state index contributed by atoms with van der Waals surface area (Å²) in [6, 6.07) is 0.733. The van der Waals surface area contributed by atoms with Crippen molar-refractivity contribution in [3.63, 3.8) is 0 Å². The molecule has 2 unspecified atom stereocenters. The molecule has 0 spiro atoms. The molecule has 6 nitrogen and oxygen atoms in total. The molecule has 3 aliphatic rings. The Morgan fingerprint density at radius 3 is 2.94 bits per heavy atom. The molecule has 0 saturated carbocycles. The van der Waals surface area contributed by atoms with Crippen molar-refractivity contribution in [3.05, 3.63) is 0 Å². The lowest BCUT2D eigenvalue weighted by Crippen LogP contribution is -2.43. The highest BCUT2D eigenvalue weighted by Crippen LogP contribution is 2.21. The van der Waals surface area contributed by atoms with Gasteiger partial charge in [0.2, 0.25) is 0 Å². The lowest BCUT2D eigenvalue weighted by atomic mass is 10.1. The summed E-state index contributed by atoms with van der Waals surface area (Å²) in [5.41, 5.74) is 0. The van der Waals surface area contributed by atoms with Gasteiger partial charge in [0.05, 0.1) is 19.8 Å². The van der Waals surface area contributed by atoms with Crippen LogP contribution >= 0.6 is 0 Å². The third-order valence-electron chi connectivity index (χ3n) is 3.71. The average molecular weight is 253 g/mol. The molecule has 0 N–H and O–H groups in total. The van der Waals surface area contributed by atoms with E-state index in [4.69, 9.17) is 9.47 Å². The minimum atomic E-state index is -0.0687. The van der Waals surface area contributed by atoms with E-state index < -0.39 is 0 Å². The zero-order valence-electron chi connectivity index (χ0n) is 10.7. The Balaban J connectivity index is 1.60. The smallest absolute Gasteiger partial charge is 0.296 e. The van der Waals surface area contributed by atoms with Crippen molar-refractivity contribution in [1.82, 2.24) is 9.80 Å². The SMILES string of the molecule is CC1CC(=O)N=C2OC(CN3CCOCC3)CN21. The molecule has 3 rings (SSSR count). The molecule has 3 aliphatic heterocycles. The summed E-state index contributed by atoms with van der Waals surface area (Å²) in [5, 5.41) is 0. The van der Waals surface area contributed by atoms with Gasteiger partial charge in [-0.1, -0.05) is 0 Å². The van der Waals surface area contributed by atoms with Crippen molar-refractivity contribution in [2.24, 2.45) is 4.99 Å². The van der Waals surface area contributed by atoms with Crippen LogP contribution in [-0.2, 0) is 14.3 Å². The molecule has 0 aromatic carbocycles. The van der Waals surface area contributed by atoms with Gasteiger partial charge in [0.1, 0.15) is 6.10 Å².